The minimum atomic E-state index is -0.564. The van der Waals surface area contributed by atoms with E-state index in [1.165, 1.54) is 12.1 Å². The van der Waals surface area contributed by atoms with Gasteiger partial charge in [-0.3, -0.25) is 9.59 Å². The maximum atomic E-state index is 13.2. The summed E-state index contributed by atoms with van der Waals surface area (Å²) in [5, 5.41) is 2.72. The molecule has 0 spiro atoms. The third-order valence-electron chi connectivity index (χ3n) is 6.51. The SMILES string of the molecule is CNC(=O)[C@@H]1CC[C@](C)(C(=O)N2CC(Oc3ccc(F)cc3)C2)C1(C)C. The van der Waals surface area contributed by atoms with Gasteiger partial charge in [0, 0.05) is 13.0 Å². The summed E-state index contributed by atoms with van der Waals surface area (Å²) in [6.45, 7) is 7.06. The predicted octanol–water partition coefficient (Wildman–Crippen LogP) is 2.60. The van der Waals surface area contributed by atoms with Gasteiger partial charge in [-0.05, 0) is 42.5 Å². The van der Waals surface area contributed by atoms with Crippen molar-refractivity contribution < 1.29 is 18.7 Å². The zero-order valence-corrected chi connectivity index (χ0v) is 15.8. The number of benzene rings is 1. The molecule has 26 heavy (non-hydrogen) atoms. The number of carbonyl (C=O) groups excluding carboxylic acids is 2. The first kappa shape index (κ1) is 18.7. The van der Waals surface area contributed by atoms with Gasteiger partial charge in [-0.1, -0.05) is 20.8 Å². The lowest BCUT2D eigenvalue weighted by molar-refractivity contribution is -0.157. The van der Waals surface area contributed by atoms with Crippen molar-refractivity contribution in [1.29, 1.82) is 0 Å². The number of likely N-dealkylation sites (tertiary alicyclic amines) is 1. The summed E-state index contributed by atoms with van der Waals surface area (Å²) in [5.74, 6) is 0.245. The summed E-state index contributed by atoms with van der Waals surface area (Å²) in [7, 11) is 1.64. The third-order valence-corrected chi connectivity index (χ3v) is 6.51. The van der Waals surface area contributed by atoms with E-state index in [0.717, 1.165) is 6.42 Å². The molecular weight excluding hydrogens is 335 g/mol. The Morgan fingerprint density at radius 1 is 1.19 bits per heavy atom. The van der Waals surface area contributed by atoms with E-state index in [0.29, 0.717) is 25.3 Å². The van der Waals surface area contributed by atoms with Crippen molar-refractivity contribution in [2.45, 2.75) is 39.7 Å². The zero-order valence-electron chi connectivity index (χ0n) is 15.8. The summed E-state index contributed by atoms with van der Waals surface area (Å²) in [6, 6.07) is 5.90. The Bertz CT molecular complexity index is 698. The molecule has 1 aliphatic carbocycles. The molecule has 1 heterocycles. The minimum absolute atomic E-state index is 0.00709. The molecule has 0 bridgehead atoms. The van der Waals surface area contributed by atoms with E-state index < -0.39 is 10.8 Å². The Labute approximate surface area is 153 Å². The van der Waals surface area contributed by atoms with E-state index in [2.05, 4.69) is 5.32 Å². The maximum Gasteiger partial charge on any atom is 0.229 e. The number of nitrogens with zero attached hydrogens (tertiary/aromatic N) is 1. The van der Waals surface area contributed by atoms with Crippen LogP contribution in [0.25, 0.3) is 0 Å². The lowest BCUT2D eigenvalue weighted by atomic mass is 9.64. The number of hydrogen-bond donors (Lipinski definition) is 1. The Balaban J connectivity index is 1.62. The van der Waals surface area contributed by atoms with Gasteiger partial charge in [0.15, 0.2) is 0 Å². The van der Waals surface area contributed by atoms with Crippen LogP contribution in [0.5, 0.6) is 5.75 Å². The average molecular weight is 362 g/mol. The molecular formula is C20H27FN2O3. The molecule has 0 radical (unpaired) electrons. The summed E-state index contributed by atoms with van der Waals surface area (Å²) >= 11 is 0. The summed E-state index contributed by atoms with van der Waals surface area (Å²) in [4.78, 5) is 27.2. The molecule has 3 rings (SSSR count). The molecule has 1 aromatic carbocycles. The zero-order chi connectivity index (χ0) is 19.1. The van der Waals surface area contributed by atoms with E-state index in [1.807, 2.05) is 25.7 Å². The van der Waals surface area contributed by atoms with Crippen molar-refractivity contribution in [3.63, 3.8) is 0 Å². The summed E-state index contributed by atoms with van der Waals surface area (Å²) < 4.78 is 18.7. The number of ether oxygens (including phenoxy) is 1. The third kappa shape index (κ3) is 2.95. The molecule has 1 N–H and O–H groups in total. The first-order chi connectivity index (χ1) is 12.2. The van der Waals surface area contributed by atoms with E-state index in [4.69, 9.17) is 4.74 Å². The highest BCUT2D eigenvalue weighted by Crippen LogP contribution is 2.57. The molecule has 1 saturated carbocycles. The fourth-order valence-electron chi connectivity index (χ4n) is 4.25. The van der Waals surface area contributed by atoms with Gasteiger partial charge in [0.2, 0.25) is 11.8 Å². The van der Waals surface area contributed by atoms with Gasteiger partial charge in [0.1, 0.15) is 17.7 Å². The Hall–Kier alpha value is -2.11. The number of carbonyl (C=O) groups is 2. The van der Waals surface area contributed by atoms with Crippen LogP contribution < -0.4 is 10.1 Å². The highest BCUT2D eigenvalue weighted by Gasteiger charge is 2.59. The standard InChI is InChI=1S/C20H27FN2O3/c1-19(2)16(17(24)22-4)9-10-20(19,3)18(25)23-11-15(12-23)26-14-7-5-13(21)6-8-14/h5-8,15-16H,9-12H2,1-4H3,(H,22,24)/t16-,20+/m0/s1. The smallest absolute Gasteiger partial charge is 0.229 e. The van der Waals surface area contributed by atoms with Crippen LogP contribution in [0.1, 0.15) is 33.6 Å². The predicted molar refractivity (Wildman–Crippen MR) is 96.1 cm³/mol. The fraction of sp³-hybridized carbons (Fsp3) is 0.600. The van der Waals surface area contributed by atoms with Gasteiger partial charge in [-0.15, -0.1) is 0 Å². The number of halogens is 1. The van der Waals surface area contributed by atoms with Crippen molar-refractivity contribution in [2.75, 3.05) is 20.1 Å². The van der Waals surface area contributed by atoms with Crippen LogP contribution in [0.4, 0.5) is 4.39 Å². The molecule has 2 aliphatic rings. The van der Waals surface area contributed by atoms with Crippen LogP contribution in [0.3, 0.4) is 0 Å². The number of nitrogens with one attached hydrogen (secondary N) is 1. The fourth-order valence-corrected chi connectivity index (χ4v) is 4.25. The van der Waals surface area contributed by atoms with Gasteiger partial charge in [0.25, 0.3) is 0 Å². The first-order valence-electron chi connectivity index (χ1n) is 9.12. The Morgan fingerprint density at radius 2 is 1.81 bits per heavy atom. The summed E-state index contributed by atoms with van der Waals surface area (Å²) in [5.41, 5.74) is -0.974. The highest BCUT2D eigenvalue weighted by molar-refractivity contribution is 5.87. The number of amides is 2. The van der Waals surface area contributed by atoms with Gasteiger partial charge >= 0.3 is 0 Å². The molecule has 2 fully saturated rings. The minimum Gasteiger partial charge on any atom is -0.487 e. The van der Waals surface area contributed by atoms with Crippen molar-refractivity contribution >= 4 is 11.8 Å². The second kappa shape index (κ2) is 6.56. The lowest BCUT2D eigenvalue weighted by Gasteiger charge is -2.47. The van der Waals surface area contributed by atoms with Crippen molar-refractivity contribution in [1.82, 2.24) is 10.2 Å². The van der Waals surface area contributed by atoms with Crippen LogP contribution in [0.15, 0.2) is 24.3 Å². The number of hydrogen-bond acceptors (Lipinski definition) is 3. The molecule has 1 saturated heterocycles. The molecule has 5 nitrogen and oxygen atoms in total. The molecule has 6 heteroatoms. The Kier molecular flexibility index (Phi) is 4.71. The molecule has 1 aromatic rings. The largest absolute Gasteiger partial charge is 0.487 e. The van der Waals surface area contributed by atoms with E-state index >= 15 is 0 Å². The Morgan fingerprint density at radius 3 is 2.38 bits per heavy atom. The molecule has 2 atom stereocenters. The van der Waals surface area contributed by atoms with Crippen molar-refractivity contribution in [2.24, 2.45) is 16.7 Å². The normalized spacial score (nSPS) is 27.7. The first-order valence-corrected chi connectivity index (χ1v) is 9.12. The topological polar surface area (TPSA) is 58.6 Å². The van der Waals surface area contributed by atoms with Crippen LogP contribution in [0, 0.1) is 22.6 Å². The van der Waals surface area contributed by atoms with Crippen molar-refractivity contribution in [3.8, 4) is 5.75 Å². The second-order valence-electron chi connectivity index (χ2n) is 8.16. The van der Waals surface area contributed by atoms with Crippen molar-refractivity contribution in [3.05, 3.63) is 30.1 Å². The van der Waals surface area contributed by atoms with Crippen LogP contribution in [-0.4, -0.2) is 43.0 Å². The average Bonchev–Trinajstić information content (AvgIpc) is 2.82. The van der Waals surface area contributed by atoms with E-state index in [-0.39, 0.29) is 29.7 Å². The molecule has 142 valence electrons. The number of rotatable bonds is 4. The molecule has 2 amide bonds. The lowest BCUT2D eigenvalue weighted by Crippen LogP contribution is -2.61. The second-order valence-corrected chi connectivity index (χ2v) is 8.16. The van der Waals surface area contributed by atoms with Gasteiger partial charge in [-0.2, -0.15) is 0 Å². The van der Waals surface area contributed by atoms with Gasteiger partial charge < -0.3 is 15.0 Å². The highest BCUT2D eigenvalue weighted by atomic mass is 19.1. The van der Waals surface area contributed by atoms with E-state index in [9.17, 15) is 14.0 Å². The monoisotopic (exact) mass is 362 g/mol. The molecule has 0 unspecified atom stereocenters. The van der Waals surface area contributed by atoms with Gasteiger partial charge in [0.05, 0.1) is 18.5 Å². The van der Waals surface area contributed by atoms with Gasteiger partial charge in [-0.25, -0.2) is 4.39 Å². The van der Waals surface area contributed by atoms with Crippen LogP contribution in [-0.2, 0) is 9.59 Å². The molecule has 0 aromatic heterocycles. The van der Waals surface area contributed by atoms with Crippen LogP contribution >= 0.6 is 0 Å². The quantitative estimate of drug-likeness (QED) is 0.896. The summed E-state index contributed by atoms with van der Waals surface area (Å²) in [6.07, 6.45) is 1.35. The van der Waals surface area contributed by atoms with E-state index in [1.54, 1.807) is 19.2 Å². The van der Waals surface area contributed by atoms with Crippen LogP contribution in [0.2, 0.25) is 0 Å². The molecule has 1 aliphatic heterocycles. The maximum absolute atomic E-state index is 13.2.